The predicted molar refractivity (Wildman–Crippen MR) is 39.8 cm³/mol. The van der Waals surface area contributed by atoms with E-state index in [0.717, 1.165) is 0 Å². The van der Waals surface area contributed by atoms with Gasteiger partial charge in [-0.2, -0.15) is 0 Å². The summed E-state index contributed by atoms with van der Waals surface area (Å²) in [7, 11) is 18.3. The molecular formula is C3H7Cl3OSn. The fraction of sp³-hybridized carbons (Fsp3) is 1.00. The Morgan fingerprint density at radius 2 is 1.75 bits per heavy atom. The quantitative estimate of drug-likeness (QED) is 0.706. The van der Waals surface area contributed by atoms with Crippen LogP contribution in [0.2, 0.25) is 0 Å². The normalized spacial score (nSPS) is 16.1. The minimum atomic E-state index is -3.22. The first-order valence-electron chi connectivity index (χ1n) is 2.08. The van der Waals surface area contributed by atoms with E-state index in [9.17, 15) is 0 Å². The Morgan fingerprint density at radius 1 is 1.38 bits per heavy atom. The monoisotopic (exact) mass is 284 g/mol. The molecule has 0 aliphatic heterocycles. The third-order valence-electron chi connectivity index (χ3n) is 0.815. The molecule has 0 bridgehead atoms. The van der Waals surface area contributed by atoms with Gasteiger partial charge in [0, 0.05) is 0 Å². The third kappa shape index (κ3) is 3.62. The van der Waals surface area contributed by atoms with E-state index in [1.54, 1.807) is 14.0 Å². The second-order valence-electron chi connectivity index (χ2n) is 1.42. The molecule has 0 saturated carbocycles. The second kappa shape index (κ2) is 3.71. The van der Waals surface area contributed by atoms with Crippen molar-refractivity contribution in [2.75, 3.05) is 7.11 Å². The van der Waals surface area contributed by atoms with E-state index in [2.05, 4.69) is 0 Å². The summed E-state index contributed by atoms with van der Waals surface area (Å²) >= 11 is -3.22. The van der Waals surface area contributed by atoms with Crippen molar-refractivity contribution in [2.24, 2.45) is 0 Å². The summed E-state index contributed by atoms with van der Waals surface area (Å²) in [4.78, 5) is 0. The van der Waals surface area contributed by atoms with Crippen LogP contribution in [0.15, 0.2) is 0 Å². The van der Waals surface area contributed by atoms with Crippen molar-refractivity contribution < 1.29 is 4.74 Å². The van der Waals surface area contributed by atoms with Gasteiger partial charge in [-0.25, -0.2) is 0 Å². The van der Waals surface area contributed by atoms with E-state index in [1.807, 2.05) is 0 Å². The molecule has 8 heavy (non-hydrogen) atoms. The molecule has 0 aromatic rings. The zero-order chi connectivity index (χ0) is 6.78. The Hall–Kier alpha value is 1.63. The van der Waals surface area contributed by atoms with Gasteiger partial charge in [0.1, 0.15) is 0 Å². The Labute approximate surface area is 64.3 Å². The molecule has 0 aliphatic carbocycles. The van der Waals surface area contributed by atoms with Gasteiger partial charge in [-0.15, -0.1) is 0 Å². The van der Waals surface area contributed by atoms with Gasteiger partial charge in [0.05, 0.1) is 0 Å². The molecular weight excluding hydrogens is 277 g/mol. The first-order chi connectivity index (χ1) is 3.48. The van der Waals surface area contributed by atoms with Gasteiger partial charge in [-0.1, -0.05) is 0 Å². The average molecular weight is 284 g/mol. The number of ether oxygens (including phenoxy) is 1. The SMILES string of the molecule is CO[CH](C)[Sn]([Cl])([Cl])[Cl]. The van der Waals surface area contributed by atoms with Crippen LogP contribution in [0.5, 0.6) is 0 Å². The zero-order valence-corrected chi connectivity index (χ0v) is 9.74. The van der Waals surface area contributed by atoms with E-state index >= 15 is 0 Å². The van der Waals surface area contributed by atoms with Gasteiger partial charge in [-0.3, -0.25) is 0 Å². The number of hydrogen-bond acceptors (Lipinski definition) is 1. The molecule has 0 heterocycles. The molecule has 1 unspecified atom stereocenters. The van der Waals surface area contributed by atoms with Crippen molar-refractivity contribution in [3.05, 3.63) is 0 Å². The van der Waals surface area contributed by atoms with Crippen LogP contribution in [0.4, 0.5) is 0 Å². The Morgan fingerprint density at radius 3 is 1.75 bits per heavy atom. The Kier molecular flexibility index (Phi) is 4.47. The van der Waals surface area contributed by atoms with E-state index in [-0.39, 0.29) is 4.12 Å². The van der Waals surface area contributed by atoms with Gasteiger partial charge in [-0.05, 0) is 0 Å². The zero-order valence-electron chi connectivity index (χ0n) is 4.62. The number of rotatable bonds is 2. The summed E-state index contributed by atoms with van der Waals surface area (Å²) in [5.41, 5.74) is 0. The number of hydrogen-bond donors (Lipinski definition) is 0. The van der Waals surface area contributed by atoms with Gasteiger partial charge < -0.3 is 0 Å². The van der Waals surface area contributed by atoms with Crippen molar-refractivity contribution in [2.45, 2.75) is 11.0 Å². The van der Waals surface area contributed by atoms with Crippen molar-refractivity contribution >= 4 is 41.8 Å². The maximum atomic E-state index is 5.60. The first kappa shape index (κ1) is 9.63. The molecule has 0 fully saturated rings. The molecule has 0 saturated heterocycles. The molecule has 0 aromatic heterocycles. The van der Waals surface area contributed by atoms with Crippen LogP contribution in [0.3, 0.4) is 0 Å². The molecule has 0 amide bonds. The molecule has 1 nitrogen and oxygen atoms in total. The molecule has 0 aliphatic rings. The summed E-state index contributed by atoms with van der Waals surface area (Å²) in [5.74, 6) is 0. The van der Waals surface area contributed by atoms with Crippen LogP contribution in [0, 0.1) is 0 Å². The maximum absolute atomic E-state index is 5.60. The number of halogens is 3. The molecule has 0 N–H and O–H groups in total. The van der Waals surface area contributed by atoms with E-state index in [0.29, 0.717) is 0 Å². The molecule has 50 valence electrons. The van der Waals surface area contributed by atoms with Crippen molar-refractivity contribution in [1.82, 2.24) is 0 Å². The topological polar surface area (TPSA) is 9.23 Å². The molecule has 0 spiro atoms. The van der Waals surface area contributed by atoms with Gasteiger partial charge >= 0.3 is 64.7 Å². The van der Waals surface area contributed by atoms with Crippen molar-refractivity contribution in [3.63, 3.8) is 0 Å². The third-order valence-corrected chi connectivity index (χ3v) is 10.3. The van der Waals surface area contributed by atoms with Crippen LogP contribution in [0.1, 0.15) is 6.92 Å². The summed E-state index contributed by atoms with van der Waals surface area (Å²) in [6, 6.07) is 0. The Bertz CT molecular complexity index is 71.4. The van der Waals surface area contributed by atoms with E-state index < -0.39 is 15.0 Å². The van der Waals surface area contributed by atoms with Crippen LogP contribution in [0.25, 0.3) is 0 Å². The molecule has 0 rings (SSSR count). The fourth-order valence-corrected chi connectivity index (χ4v) is 2.69. The molecule has 0 radical (unpaired) electrons. The average Bonchev–Trinajstić information content (AvgIpc) is 1.62. The summed E-state index contributed by atoms with van der Waals surface area (Å²) in [6.07, 6.45) is 0. The molecule has 0 aromatic carbocycles. The van der Waals surface area contributed by atoms with E-state index in [4.69, 9.17) is 31.5 Å². The molecule has 1 atom stereocenters. The standard InChI is InChI=1S/C3H7O.3ClH.Sn/c1-3-4-2;;;;/h3H,1-2H3;3*1H;/q;;;;+3/p-3. The van der Waals surface area contributed by atoms with Crippen LogP contribution in [-0.2, 0) is 4.74 Å². The summed E-state index contributed by atoms with van der Waals surface area (Å²) < 4.78 is 4.67. The fourth-order valence-electron chi connectivity index (χ4n) is 0.134. The van der Waals surface area contributed by atoms with E-state index in [1.165, 1.54) is 0 Å². The van der Waals surface area contributed by atoms with Crippen molar-refractivity contribution in [3.8, 4) is 0 Å². The van der Waals surface area contributed by atoms with Crippen LogP contribution in [-0.4, -0.2) is 26.2 Å². The van der Waals surface area contributed by atoms with Crippen molar-refractivity contribution in [1.29, 1.82) is 0 Å². The molecule has 5 heteroatoms. The van der Waals surface area contributed by atoms with Gasteiger partial charge in [0.25, 0.3) is 0 Å². The summed E-state index contributed by atoms with van der Waals surface area (Å²) in [5, 5.41) is 0. The first-order valence-corrected chi connectivity index (χ1v) is 14.6. The second-order valence-corrected chi connectivity index (χ2v) is 22.7. The van der Waals surface area contributed by atoms with Crippen LogP contribution >= 0.6 is 26.8 Å². The predicted octanol–water partition coefficient (Wildman–Crippen LogP) is 2.22. The van der Waals surface area contributed by atoms with Gasteiger partial charge in [0.15, 0.2) is 0 Å². The number of methoxy groups -OCH3 is 1. The minimum absolute atomic E-state index is 0.144. The van der Waals surface area contributed by atoms with Crippen LogP contribution < -0.4 is 0 Å². The summed E-state index contributed by atoms with van der Waals surface area (Å²) in [6.45, 7) is 1.78. The Balaban J connectivity index is 3.62. The van der Waals surface area contributed by atoms with Gasteiger partial charge in [0.2, 0.25) is 0 Å².